The van der Waals surface area contributed by atoms with Crippen LogP contribution in [0.5, 0.6) is 0 Å². The van der Waals surface area contributed by atoms with Crippen LogP contribution in [0.15, 0.2) is 0 Å². The summed E-state index contributed by atoms with van der Waals surface area (Å²) in [6, 6.07) is 0. The Hall–Kier alpha value is -0.160. The molecule has 1 unspecified atom stereocenters. The van der Waals surface area contributed by atoms with Gasteiger partial charge in [-0.25, -0.2) is 0 Å². The van der Waals surface area contributed by atoms with Crippen molar-refractivity contribution >= 4 is 0 Å². The Morgan fingerprint density at radius 2 is 1.43 bits per heavy atom. The Labute approximate surface area is 131 Å². The highest BCUT2D eigenvalue weighted by Gasteiger charge is 2.23. The Morgan fingerprint density at radius 3 is 1.95 bits per heavy atom. The van der Waals surface area contributed by atoms with Gasteiger partial charge in [0, 0.05) is 13.7 Å². The Balaban J connectivity index is 3.72. The summed E-state index contributed by atoms with van der Waals surface area (Å²) in [5.41, 5.74) is 0.308. The largest absolute Gasteiger partial charge is 0.382 e. The topological polar surface area (TPSA) is 39.7 Å². The van der Waals surface area contributed by atoms with Crippen molar-refractivity contribution in [3.8, 4) is 0 Å². The highest BCUT2D eigenvalue weighted by atomic mass is 16.5. The van der Waals surface area contributed by atoms with Gasteiger partial charge in [0.15, 0.2) is 0 Å². The third-order valence-electron chi connectivity index (χ3n) is 3.58. The van der Waals surface area contributed by atoms with Gasteiger partial charge in [-0.15, -0.1) is 0 Å². The molecule has 0 heterocycles. The lowest BCUT2D eigenvalue weighted by molar-refractivity contribution is 0.0181. The van der Waals surface area contributed by atoms with E-state index in [1.54, 1.807) is 7.11 Å². The van der Waals surface area contributed by atoms with Crippen LogP contribution >= 0.6 is 0 Å². The fourth-order valence-electron chi connectivity index (χ4n) is 2.08. The van der Waals surface area contributed by atoms with E-state index in [2.05, 4.69) is 39.9 Å². The van der Waals surface area contributed by atoms with Gasteiger partial charge < -0.3 is 19.5 Å². The molecular weight excluding hydrogens is 266 g/mol. The van der Waals surface area contributed by atoms with Crippen molar-refractivity contribution in [2.24, 2.45) is 17.3 Å². The molecule has 0 rings (SSSR count). The Morgan fingerprint density at radius 1 is 0.857 bits per heavy atom. The van der Waals surface area contributed by atoms with Crippen LogP contribution in [-0.4, -0.2) is 53.2 Å². The van der Waals surface area contributed by atoms with Gasteiger partial charge in [0.2, 0.25) is 0 Å². The zero-order chi connectivity index (χ0) is 16.1. The molecule has 0 radical (unpaired) electrons. The minimum absolute atomic E-state index is 0.308. The van der Waals surface area contributed by atoms with Crippen molar-refractivity contribution in [3.63, 3.8) is 0 Å². The maximum absolute atomic E-state index is 5.67. The molecule has 0 amide bonds. The summed E-state index contributed by atoms with van der Waals surface area (Å²) >= 11 is 0. The summed E-state index contributed by atoms with van der Waals surface area (Å²) in [4.78, 5) is 0. The summed E-state index contributed by atoms with van der Waals surface area (Å²) in [5.74, 6) is 1.33. The molecule has 0 aliphatic heterocycles. The first kappa shape index (κ1) is 20.8. The molecule has 4 heteroatoms. The molecule has 128 valence electrons. The monoisotopic (exact) mass is 303 g/mol. The van der Waals surface area contributed by atoms with E-state index < -0.39 is 0 Å². The van der Waals surface area contributed by atoms with E-state index in [9.17, 15) is 0 Å². The van der Waals surface area contributed by atoms with Crippen LogP contribution in [-0.2, 0) is 14.2 Å². The van der Waals surface area contributed by atoms with Crippen molar-refractivity contribution in [1.29, 1.82) is 0 Å². The average molecular weight is 303 g/mol. The number of rotatable bonds is 13. The quantitative estimate of drug-likeness (QED) is 0.531. The van der Waals surface area contributed by atoms with E-state index in [-0.39, 0.29) is 0 Å². The van der Waals surface area contributed by atoms with Crippen LogP contribution in [0.1, 0.15) is 41.0 Å². The zero-order valence-corrected chi connectivity index (χ0v) is 15.0. The second-order valence-corrected chi connectivity index (χ2v) is 7.12. The zero-order valence-electron chi connectivity index (χ0n) is 15.0. The van der Waals surface area contributed by atoms with E-state index in [0.29, 0.717) is 43.7 Å². The molecule has 0 aromatic heterocycles. The molecule has 0 aliphatic rings. The van der Waals surface area contributed by atoms with Crippen LogP contribution in [0.3, 0.4) is 0 Å². The van der Waals surface area contributed by atoms with E-state index >= 15 is 0 Å². The van der Waals surface area contributed by atoms with Gasteiger partial charge in [-0.3, -0.25) is 0 Å². The lowest BCUT2D eigenvalue weighted by Crippen LogP contribution is -2.34. The second-order valence-electron chi connectivity index (χ2n) is 7.12. The summed E-state index contributed by atoms with van der Waals surface area (Å²) in [6.45, 7) is 17.0. The maximum atomic E-state index is 5.67. The van der Waals surface area contributed by atoms with Crippen molar-refractivity contribution in [2.75, 3.05) is 53.2 Å². The highest BCUT2D eigenvalue weighted by Crippen LogP contribution is 2.28. The normalized spacial score (nSPS) is 13.9. The summed E-state index contributed by atoms with van der Waals surface area (Å²) in [6.07, 6.45) is 1.09. The molecule has 0 bridgehead atoms. The summed E-state index contributed by atoms with van der Waals surface area (Å²) in [5, 5.41) is 3.57. The van der Waals surface area contributed by atoms with Gasteiger partial charge in [-0.2, -0.15) is 0 Å². The van der Waals surface area contributed by atoms with E-state index in [4.69, 9.17) is 14.2 Å². The molecule has 1 N–H and O–H groups in total. The third kappa shape index (κ3) is 13.2. The number of hydrogen-bond acceptors (Lipinski definition) is 4. The first-order valence-electron chi connectivity index (χ1n) is 8.23. The molecule has 4 nitrogen and oxygen atoms in total. The van der Waals surface area contributed by atoms with Gasteiger partial charge in [-0.05, 0) is 36.8 Å². The molecule has 21 heavy (non-hydrogen) atoms. The molecule has 0 aromatic carbocycles. The van der Waals surface area contributed by atoms with Crippen molar-refractivity contribution in [1.82, 2.24) is 5.32 Å². The van der Waals surface area contributed by atoms with Gasteiger partial charge in [0.25, 0.3) is 0 Å². The number of nitrogens with one attached hydrogen (secondary N) is 1. The highest BCUT2D eigenvalue weighted by molar-refractivity contribution is 4.76. The van der Waals surface area contributed by atoms with Crippen molar-refractivity contribution < 1.29 is 14.2 Å². The van der Waals surface area contributed by atoms with Gasteiger partial charge in [0.05, 0.1) is 26.4 Å². The van der Waals surface area contributed by atoms with Gasteiger partial charge in [0.1, 0.15) is 0 Å². The van der Waals surface area contributed by atoms with Crippen LogP contribution in [0.4, 0.5) is 0 Å². The molecule has 1 atom stereocenters. The summed E-state index contributed by atoms with van der Waals surface area (Å²) in [7, 11) is 1.68. The third-order valence-corrected chi connectivity index (χ3v) is 3.58. The minimum Gasteiger partial charge on any atom is -0.382 e. The second kappa shape index (κ2) is 12.4. The first-order chi connectivity index (χ1) is 9.88. The van der Waals surface area contributed by atoms with Gasteiger partial charge >= 0.3 is 0 Å². The fraction of sp³-hybridized carbons (Fsp3) is 1.00. The minimum atomic E-state index is 0.308. The van der Waals surface area contributed by atoms with Crippen LogP contribution in [0, 0.1) is 17.3 Å². The van der Waals surface area contributed by atoms with E-state index in [0.717, 1.165) is 26.1 Å². The molecule has 0 saturated heterocycles. The molecule has 0 aliphatic carbocycles. The molecule has 0 fully saturated rings. The maximum Gasteiger partial charge on any atom is 0.0701 e. The molecule has 0 saturated carbocycles. The first-order valence-corrected chi connectivity index (χ1v) is 8.23. The standard InChI is InChI=1S/C17H37NO3/c1-15(2)13-18-14-16(17(3,4)5)7-8-20-11-12-21-10-9-19-6/h15-16,18H,7-14H2,1-6H3. The summed E-state index contributed by atoms with van der Waals surface area (Å²) < 4.78 is 16.0. The Kier molecular flexibility index (Phi) is 12.3. The number of hydrogen-bond donors (Lipinski definition) is 1. The predicted octanol–water partition coefficient (Wildman–Crippen LogP) is 2.96. The molecular formula is C17H37NO3. The average Bonchev–Trinajstić information content (AvgIpc) is 2.38. The lowest BCUT2D eigenvalue weighted by atomic mass is 9.79. The van der Waals surface area contributed by atoms with Crippen molar-refractivity contribution in [2.45, 2.75) is 41.0 Å². The van der Waals surface area contributed by atoms with Crippen LogP contribution in [0.2, 0.25) is 0 Å². The van der Waals surface area contributed by atoms with E-state index in [1.165, 1.54) is 0 Å². The van der Waals surface area contributed by atoms with Gasteiger partial charge in [-0.1, -0.05) is 34.6 Å². The predicted molar refractivity (Wildman–Crippen MR) is 88.8 cm³/mol. The fourth-order valence-corrected chi connectivity index (χ4v) is 2.08. The van der Waals surface area contributed by atoms with E-state index in [1.807, 2.05) is 0 Å². The number of methoxy groups -OCH3 is 1. The Bertz CT molecular complexity index is 227. The van der Waals surface area contributed by atoms with Crippen LogP contribution < -0.4 is 5.32 Å². The SMILES string of the molecule is COCCOCCOCCC(CNCC(C)C)C(C)(C)C. The smallest absolute Gasteiger partial charge is 0.0701 e. The number of ether oxygens (including phenoxy) is 3. The van der Waals surface area contributed by atoms with Crippen molar-refractivity contribution in [3.05, 3.63) is 0 Å². The lowest BCUT2D eigenvalue weighted by Gasteiger charge is -2.31. The molecule has 0 spiro atoms. The molecule has 0 aromatic rings. The van der Waals surface area contributed by atoms with Crippen LogP contribution in [0.25, 0.3) is 0 Å².